The van der Waals surface area contributed by atoms with Gasteiger partial charge in [0.25, 0.3) is 0 Å². The van der Waals surface area contributed by atoms with Crippen LogP contribution in [-0.2, 0) is 12.8 Å². The molecule has 0 atom stereocenters. The minimum absolute atomic E-state index is 0.0343. The van der Waals surface area contributed by atoms with Crippen LogP contribution < -0.4 is 15.1 Å². The van der Waals surface area contributed by atoms with Crippen LogP contribution in [0.2, 0.25) is 0 Å². The number of hydrogen-bond donors (Lipinski definition) is 3. The third-order valence-corrected chi connectivity index (χ3v) is 6.69. The van der Waals surface area contributed by atoms with E-state index < -0.39 is 0 Å². The number of aryl methyl sites for hydroxylation is 2. The van der Waals surface area contributed by atoms with E-state index in [-0.39, 0.29) is 11.5 Å². The van der Waals surface area contributed by atoms with E-state index in [9.17, 15) is 10.2 Å². The minimum atomic E-state index is -0.0343. The highest BCUT2D eigenvalue weighted by molar-refractivity contribution is 7.80. The number of anilines is 2. The Morgan fingerprint density at radius 1 is 1.12 bits per heavy atom. The molecule has 0 spiro atoms. The maximum absolute atomic E-state index is 10.6. The van der Waals surface area contributed by atoms with Crippen molar-refractivity contribution < 1.29 is 10.2 Å². The molecule has 0 saturated carbocycles. The lowest BCUT2D eigenvalue weighted by Gasteiger charge is -2.31. The zero-order valence-electron chi connectivity index (χ0n) is 19.6. The predicted molar refractivity (Wildman–Crippen MR) is 138 cm³/mol. The lowest BCUT2D eigenvalue weighted by molar-refractivity contribution is 0.445. The normalized spacial score (nSPS) is 13.5. The van der Waals surface area contributed by atoms with Gasteiger partial charge in [0.1, 0.15) is 11.5 Å². The summed E-state index contributed by atoms with van der Waals surface area (Å²) in [6, 6.07) is 9.50. The maximum atomic E-state index is 10.6. The Bertz CT molecular complexity index is 1090. The number of nitrogens with zero attached hydrogens (tertiary/aromatic N) is 2. The van der Waals surface area contributed by atoms with Gasteiger partial charge in [-0.15, -0.1) is 0 Å². The highest BCUT2D eigenvalue weighted by atomic mass is 32.1. The molecule has 2 aromatic carbocycles. The van der Waals surface area contributed by atoms with Crippen molar-refractivity contribution in [1.29, 1.82) is 0 Å². The Balaban J connectivity index is 2.14. The van der Waals surface area contributed by atoms with Crippen molar-refractivity contribution in [2.75, 3.05) is 23.4 Å². The van der Waals surface area contributed by atoms with Crippen LogP contribution in [0.4, 0.5) is 11.4 Å². The second-order valence-corrected chi connectivity index (χ2v) is 8.50. The Kier molecular flexibility index (Phi) is 7.14. The molecule has 6 heteroatoms. The predicted octanol–water partition coefficient (Wildman–Crippen LogP) is 5.71. The van der Waals surface area contributed by atoms with Crippen LogP contribution in [0.5, 0.6) is 11.5 Å². The average molecular weight is 452 g/mol. The number of phenolic OH excluding ortho intramolecular Hbond substituents is 2. The second kappa shape index (κ2) is 9.65. The third-order valence-electron chi connectivity index (χ3n) is 6.30. The molecule has 0 saturated heterocycles. The van der Waals surface area contributed by atoms with Crippen molar-refractivity contribution in [3.8, 4) is 11.5 Å². The number of allylic oxidation sites excluding steroid dienone is 2. The SMILES string of the molecule is C=C(c1cc(CC)c(O)cc1O)N(C(=S)NC)c1ccc2c(c1)N(CC)C(C)=C(C)CC2. The standard InChI is InChI=1S/C26H33N3O2S/c1-7-19-13-22(25(31)15-24(19)30)18(5)29(26(32)27-6)21-12-11-20-10-9-16(3)17(4)28(8-2)23(20)14-21/h11-15,30-31H,5,7-10H2,1-4,6H3,(H,27,32). The number of rotatable bonds is 5. The molecule has 0 unspecified atom stereocenters. The van der Waals surface area contributed by atoms with Gasteiger partial charge in [0.05, 0.1) is 11.4 Å². The van der Waals surface area contributed by atoms with Crippen molar-refractivity contribution >= 4 is 34.4 Å². The Labute approximate surface area is 196 Å². The van der Waals surface area contributed by atoms with Crippen LogP contribution >= 0.6 is 12.2 Å². The minimum Gasteiger partial charge on any atom is -0.508 e. The number of phenols is 2. The Morgan fingerprint density at radius 2 is 1.84 bits per heavy atom. The molecule has 0 bridgehead atoms. The quantitative estimate of drug-likeness (QED) is 0.507. The van der Waals surface area contributed by atoms with Crippen LogP contribution in [0.15, 0.2) is 48.2 Å². The summed E-state index contributed by atoms with van der Waals surface area (Å²) in [5, 5.41) is 24.2. The number of benzene rings is 2. The van der Waals surface area contributed by atoms with Gasteiger partial charge < -0.3 is 20.4 Å². The summed E-state index contributed by atoms with van der Waals surface area (Å²) in [5.41, 5.74) is 7.83. The Morgan fingerprint density at radius 3 is 2.47 bits per heavy atom. The fraction of sp³-hybridized carbons (Fsp3) is 0.346. The summed E-state index contributed by atoms with van der Waals surface area (Å²) < 4.78 is 0. The van der Waals surface area contributed by atoms with Gasteiger partial charge in [-0.05, 0) is 81.6 Å². The molecule has 0 fully saturated rings. The van der Waals surface area contributed by atoms with E-state index in [1.165, 1.54) is 28.6 Å². The van der Waals surface area contributed by atoms with Crippen LogP contribution in [0.25, 0.3) is 5.70 Å². The first-order chi connectivity index (χ1) is 15.2. The molecule has 1 heterocycles. The zero-order valence-corrected chi connectivity index (χ0v) is 20.4. The number of hydrogen-bond acceptors (Lipinski definition) is 4. The van der Waals surface area contributed by atoms with Crippen molar-refractivity contribution in [3.05, 3.63) is 64.9 Å². The Hall–Kier alpha value is -2.99. The molecule has 2 aromatic rings. The first kappa shape index (κ1) is 23.7. The van der Waals surface area contributed by atoms with Gasteiger partial charge in [0, 0.05) is 36.6 Å². The molecule has 0 aromatic heterocycles. The molecular formula is C26H33N3O2S. The van der Waals surface area contributed by atoms with Gasteiger partial charge in [-0.3, -0.25) is 4.90 Å². The molecule has 32 heavy (non-hydrogen) atoms. The van der Waals surface area contributed by atoms with Crippen LogP contribution in [0.3, 0.4) is 0 Å². The summed E-state index contributed by atoms with van der Waals surface area (Å²) in [5.74, 6) is 0.0403. The van der Waals surface area contributed by atoms with Crippen LogP contribution in [0.1, 0.15) is 50.8 Å². The number of thiocarbonyl (C=S) groups is 1. The first-order valence-electron chi connectivity index (χ1n) is 11.1. The number of nitrogens with one attached hydrogen (secondary N) is 1. The summed E-state index contributed by atoms with van der Waals surface area (Å²) in [7, 11) is 1.77. The molecule has 1 aliphatic rings. The monoisotopic (exact) mass is 451 g/mol. The first-order valence-corrected chi connectivity index (χ1v) is 11.5. The summed E-state index contributed by atoms with van der Waals surface area (Å²) in [6.07, 6.45) is 2.67. The smallest absolute Gasteiger partial charge is 0.177 e. The number of aromatic hydroxyl groups is 2. The van der Waals surface area contributed by atoms with E-state index >= 15 is 0 Å². The molecule has 0 aliphatic carbocycles. The molecule has 1 aliphatic heterocycles. The van der Waals surface area contributed by atoms with Gasteiger partial charge in [-0.25, -0.2) is 0 Å². The molecule has 0 amide bonds. The van der Waals surface area contributed by atoms with E-state index in [0.717, 1.165) is 30.6 Å². The molecular weight excluding hydrogens is 418 g/mol. The van der Waals surface area contributed by atoms with Gasteiger partial charge in [-0.2, -0.15) is 0 Å². The van der Waals surface area contributed by atoms with Crippen LogP contribution in [-0.4, -0.2) is 28.9 Å². The van der Waals surface area contributed by atoms with Crippen LogP contribution in [0, 0.1) is 0 Å². The van der Waals surface area contributed by atoms with Gasteiger partial charge in [0.15, 0.2) is 5.11 Å². The molecule has 3 rings (SSSR count). The lowest BCUT2D eigenvalue weighted by Crippen LogP contribution is -2.36. The van der Waals surface area contributed by atoms with Gasteiger partial charge >= 0.3 is 0 Å². The summed E-state index contributed by atoms with van der Waals surface area (Å²) >= 11 is 5.65. The van der Waals surface area contributed by atoms with Gasteiger partial charge in [-0.1, -0.05) is 25.1 Å². The lowest BCUT2D eigenvalue weighted by atomic mass is 10.0. The van der Waals surface area contributed by atoms with Crippen molar-refractivity contribution in [2.45, 2.75) is 47.0 Å². The summed E-state index contributed by atoms with van der Waals surface area (Å²) in [4.78, 5) is 4.18. The molecule has 3 N–H and O–H groups in total. The van der Waals surface area contributed by atoms with E-state index in [2.05, 4.69) is 55.8 Å². The van der Waals surface area contributed by atoms with Crippen molar-refractivity contribution in [1.82, 2.24) is 5.32 Å². The largest absolute Gasteiger partial charge is 0.508 e. The summed E-state index contributed by atoms with van der Waals surface area (Å²) in [6.45, 7) is 13.6. The zero-order chi connectivity index (χ0) is 23.6. The second-order valence-electron chi connectivity index (χ2n) is 8.11. The topological polar surface area (TPSA) is 59.0 Å². The number of fused-ring (bicyclic) bond motifs is 1. The highest BCUT2D eigenvalue weighted by Gasteiger charge is 2.24. The van der Waals surface area contributed by atoms with E-state index in [0.29, 0.717) is 22.8 Å². The molecule has 0 radical (unpaired) electrons. The van der Waals surface area contributed by atoms with Crippen molar-refractivity contribution in [2.24, 2.45) is 0 Å². The van der Waals surface area contributed by atoms with E-state index in [4.69, 9.17) is 12.2 Å². The fourth-order valence-electron chi connectivity index (χ4n) is 4.24. The van der Waals surface area contributed by atoms with E-state index in [1.807, 2.05) is 11.8 Å². The maximum Gasteiger partial charge on any atom is 0.177 e. The van der Waals surface area contributed by atoms with E-state index in [1.54, 1.807) is 13.1 Å². The van der Waals surface area contributed by atoms with Gasteiger partial charge in [0.2, 0.25) is 0 Å². The van der Waals surface area contributed by atoms with Crippen molar-refractivity contribution in [3.63, 3.8) is 0 Å². The fourth-order valence-corrected chi connectivity index (χ4v) is 4.46. The average Bonchev–Trinajstić information content (AvgIpc) is 2.89. The molecule has 170 valence electrons. The third kappa shape index (κ3) is 4.32. The highest BCUT2D eigenvalue weighted by Crippen LogP contribution is 2.39. The molecule has 5 nitrogen and oxygen atoms in total.